The Morgan fingerprint density at radius 2 is 1.95 bits per heavy atom. The van der Waals surface area contributed by atoms with Crippen molar-refractivity contribution in [1.29, 1.82) is 0 Å². The topological polar surface area (TPSA) is 41.6 Å². The van der Waals surface area contributed by atoms with Crippen LogP contribution in [0.5, 0.6) is 0 Å². The molecule has 1 saturated heterocycles. The van der Waals surface area contributed by atoms with Crippen LogP contribution in [0.2, 0.25) is 0 Å². The highest BCUT2D eigenvalue weighted by Crippen LogP contribution is 2.24. The van der Waals surface area contributed by atoms with E-state index in [1.165, 1.54) is 38.5 Å². The zero-order chi connectivity index (χ0) is 15.1. The van der Waals surface area contributed by atoms with E-state index in [2.05, 4.69) is 17.3 Å². The van der Waals surface area contributed by atoms with E-state index in [1.807, 2.05) is 6.92 Å². The molecule has 0 aromatic heterocycles. The number of rotatable bonds is 6. The first-order valence-corrected chi connectivity index (χ1v) is 8.77. The molecule has 1 heterocycles. The molecular weight excluding hydrogens is 264 g/mol. The largest absolute Gasteiger partial charge is 0.466 e. The standard InChI is InChI=1S/C17H32N2O2/c1-3-21-17(20)10-9-14-11-16(13-19(2)12-14)18-15-7-5-4-6-8-15/h14-16,18H,3-13H2,1-2H3. The number of carbonyl (C=O) groups excluding carboxylic acids is 1. The van der Waals surface area contributed by atoms with Crippen molar-refractivity contribution in [2.45, 2.75) is 70.4 Å². The summed E-state index contributed by atoms with van der Waals surface area (Å²) in [5, 5.41) is 3.87. The summed E-state index contributed by atoms with van der Waals surface area (Å²) in [4.78, 5) is 13.9. The van der Waals surface area contributed by atoms with Crippen molar-refractivity contribution in [2.24, 2.45) is 5.92 Å². The van der Waals surface area contributed by atoms with Crippen molar-refractivity contribution < 1.29 is 9.53 Å². The lowest BCUT2D eigenvalue weighted by Crippen LogP contribution is -2.51. The van der Waals surface area contributed by atoms with E-state index < -0.39 is 0 Å². The molecule has 2 aliphatic rings. The summed E-state index contributed by atoms with van der Waals surface area (Å²) in [5.74, 6) is 0.580. The molecule has 2 unspecified atom stereocenters. The normalized spacial score (nSPS) is 28.5. The highest BCUT2D eigenvalue weighted by molar-refractivity contribution is 5.69. The van der Waals surface area contributed by atoms with Gasteiger partial charge in [0.1, 0.15) is 0 Å². The van der Waals surface area contributed by atoms with Gasteiger partial charge in [0.05, 0.1) is 6.61 Å². The summed E-state index contributed by atoms with van der Waals surface area (Å²) in [6, 6.07) is 1.32. The monoisotopic (exact) mass is 296 g/mol. The number of nitrogens with zero attached hydrogens (tertiary/aromatic N) is 1. The van der Waals surface area contributed by atoms with Crippen LogP contribution in [0.4, 0.5) is 0 Å². The fourth-order valence-electron chi connectivity index (χ4n) is 3.93. The van der Waals surface area contributed by atoms with Crippen LogP contribution in [0.15, 0.2) is 0 Å². The molecule has 2 rings (SSSR count). The van der Waals surface area contributed by atoms with Crippen LogP contribution in [-0.4, -0.2) is 49.7 Å². The van der Waals surface area contributed by atoms with Gasteiger partial charge >= 0.3 is 5.97 Å². The van der Waals surface area contributed by atoms with Crippen LogP contribution >= 0.6 is 0 Å². The van der Waals surface area contributed by atoms with E-state index in [4.69, 9.17) is 4.74 Å². The minimum atomic E-state index is -0.0393. The van der Waals surface area contributed by atoms with Gasteiger partial charge in [-0.3, -0.25) is 4.79 Å². The van der Waals surface area contributed by atoms with Crippen LogP contribution in [0, 0.1) is 5.92 Å². The van der Waals surface area contributed by atoms with E-state index in [0.717, 1.165) is 25.6 Å². The molecule has 0 aromatic rings. The second kappa shape index (κ2) is 8.74. The zero-order valence-corrected chi connectivity index (χ0v) is 13.8. The quantitative estimate of drug-likeness (QED) is 0.765. The molecule has 0 bridgehead atoms. The molecule has 1 aliphatic carbocycles. The molecule has 1 saturated carbocycles. The third-order valence-electron chi connectivity index (χ3n) is 4.86. The molecule has 0 radical (unpaired) electrons. The van der Waals surface area contributed by atoms with Gasteiger partial charge in [-0.2, -0.15) is 0 Å². The number of likely N-dealkylation sites (N-methyl/N-ethyl adjacent to an activating group) is 1. The van der Waals surface area contributed by atoms with E-state index in [9.17, 15) is 4.79 Å². The van der Waals surface area contributed by atoms with Crippen molar-refractivity contribution >= 4 is 5.97 Å². The summed E-state index contributed by atoms with van der Waals surface area (Å²) in [6.45, 7) is 4.63. The molecule has 122 valence electrons. The minimum Gasteiger partial charge on any atom is -0.466 e. The highest BCUT2D eigenvalue weighted by atomic mass is 16.5. The van der Waals surface area contributed by atoms with E-state index in [1.54, 1.807) is 0 Å². The molecule has 0 amide bonds. The molecule has 4 nitrogen and oxygen atoms in total. The van der Waals surface area contributed by atoms with Gasteiger partial charge in [-0.05, 0) is 45.6 Å². The summed E-state index contributed by atoms with van der Waals surface area (Å²) >= 11 is 0. The van der Waals surface area contributed by atoms with Crippen LogP contribution < -0.4 is 5.32 Å². The van der Waals surface area contributed by atoms with Crippen LogP contribution in [0.1, 0.15) is 58.3 Å². The molecule has 21 heavy (non-hydrogen) atoms. The SMILES string of the molecule is CCOC(=O)CCC1CC(NC2CCCCC2)CN(C)C1. The highest BCUT2D eigenvalue weighted by Gasteiger charge is 2.27. The van der Waals surface area contributed by atoms with E-state index in [-0.39, 0.29) is 5.97 Å². The number of esters is 1. The second-order valence-electron chi connectivity index (χ2n) is 6.87. The van der Waals surface area contributed by atoms with Crippen LogP contribution in [-0.2, 0) is 9.53 Å². The number of ether oxygens (including phenoxy) is 1. The molecule has 4 heteroatoms. The number of hydrogen-bond donors (Lipinski definition) is 1. The Labute approximate surface area is 129 Å². The summed E-state index contributed by atoms with van der Waals surface area (Å²) < 4.78 is 5.04. The number of carbonyl (C=O) groups is 1. The lowest BCUT2D eigenvalue weighted by Gasteiger charge is -2.38. The summed E-state index contributed by atoms with van der Waals surface area (Å²) in [6.07, 6.45) is 9.60. The predicted molar refractivity (Wildman–Crippen MR) is 85.3 cm³/mol. The fourth-order valence-corrected chi connectivity index (χ4v) is 3.93. The molecule has 1 aliphatic heterocycles. The van der Waals surface area contributed by atoms with Gasteiger partial charge in [0.25, 0.3) is 0 Å². The van der Waals surface area contributed by atoms with Gasteiger partial charge < -0.3 is 15.0 Å². The summed E-state index contributed by atoms with van der Waals surface area (Å²) in [7, 11) is 2.20. The maximum absolute atomic E-state index is 11.5. The molecule has 0 aromatic carbocycles. The van der Waals surface area contributed by atoms with Crippen LogP contribution in [0.3, 0.4) is 0 Å². The molecule has 0 spiro atoms. The number of hydrogen-bond acceptors (Lipinski definition) is 4. The maximum Gasteiger partial charge on any atom is 0.305 e. The first-order chi connectivity index (χ1) is 10.2. The average Bonchev–Trinajstić information content (AvgIpc) is 2.46. The Morgan fingerprint density at radius 3 is 2.67 bits per heavy atom. The van der Waals surface area contributed by atoms with Gasteiger partial charge in [0.15, 0.2) is 0 Å². The fraction of sp³-hybridized carbons (Fsp3) is 0.941. The predicted octanol–water partition coefficient (Wildman–Crippen LogP) is 2.57. The van der Waals surface area contributed by atoms with Crippen molar-refractivity contribution in [3.8, 4) is 0 Å². The van der Waals surface area contributed by atoms with Gasteiger partial charge in [-0.1, -0.05) is 19.3 Å². The number of likely N-dealkylation sites (tertiary alicyclic amines) is 1. The Balaban J connectivity index is 1.74. The molecular formula is C17H32N2O2. The second-order valence-corrected chi connectivity index (χ2v) is 6.87. The molecule has 2 atom stereocenters. The smallest absolute Gasteiger partial charge is 0.305 e. The van der Waals surface area contributed by atoms with Gasteiger partial charge in [0, 0.05) is 31.6 Å². The Morgan fingerprint density at radius 1 is 1.19 bits per heavy atom. The van der Waals surface area contributed by atoms with Crippen molar-refractivity contribution in [3.63, 3.8) is 0 Å². The molecule has 1 N–H and O–H groups in total. The van der Waals surface area contributed by atoms with Crippen molar-refractivity contribution in [1.82, 2.24) is 10.2 Å². The number of nitrogens with one attached hydrogen (secondary N) is 1. The maximum atomic E-state index is 11.5. The Kier molecular flexibility index (Phi) is 6.97. The van der Waals surface area contributed by atoms with Gasteiger partial charge in [-0.25, -0.2) is 0 Å². The summed E-state index contributed by atoms with van der Waals surface area (Å²) in [5.41, 5.74) is 0. The third kappa shape index (κ3) is 5.95. The zero-order valence-electron chi connectivity index (χ0n) is 13.8. The lowest BCUT2D eigenvalue weighted by molar-refractivity contribution is -0.143. The van der Waals surface area contributed by atoms with Crippen molar-refractivity contribution in [3.05, 3.63) is 0 Å². The minimum absolute atomic E-state index is 0.0393. The van der Waals surface area contributed by atoms with Crippen LogP contribution in [0.25, 0.3) is 0 Å². The van der Waals surface area contributed by atoms with E-state index >= 15 is 0 Å². The first kappa shape index (κ1) is 16.8. The number of piperidine rings is 1. The van der Waals surface area contributed by atoms with Gasteiger partial charge in [-0.15, -0.1) is 0 Å². The van der Waals surface area contributed by atoms with E-state index in [0.29, 0.717) is 25.0 Å². The third-order valence-corrected chi connectivity index (χ3v) is 4.86. The Hall–Kier alpha value is -0.610. The average molecular weight is 296 g/mol. The lowest BCUT2D eigenvalue weighted by atomic mass is 9.88. The molecule has 2 fully saturated rings. The van der Waals surface area contributed by atoms with Gasteiger partial charge in [0.2, 0.25) is 0 Å². The Bertz CT molecular complexity index is 316. The van der Waals surface area contributed by atoms with Crippen molar-refractivity contribution in [2.75, 3.05) is 26.7 Å². The first-order valence-electron chi connectivity index (χ1n) is 8.77.